The zero-order valence-corrected chi connectivity index (χ0v) is 11.5. The van der Waals surface area contributed by atoms with Crippen LogP contribution in [0.2, 0.25) is 10.4 Å². The fraction of sp³-hybridized carbons (Fsp3) is 0.286. The average molecular weight is 297 g/mol. The lowest BCUT2D eigenvalue weighted by Gasteiger charge is -2.25. The molecule has 1 heterocycles. The summed E-state index contributed by atoms with van der Waals surface area (Å²) in [5.74, 6) is -0.124. The van der Waals surface area contributed by atoms with Gasteiger partial charge in [-0.3, -0.25) is 0 Å². The standard InChI is InChI=1S/C14H11Cl2FN2/c15-13-11-3-1-2-10(12(11)18-14(16)19-13)8-4-6-9(17)7-5-8/h4-7,10H,1-3H2. The highest BCUT2D eigenvalue weighted by atomic mass is 35.5. The van der Waals surface area contributed by atoms with Crippen molar-refractivity contribution in [3.8, 4) is 0 Å². The van der Waals surface area contributed by atoms with Gasteiger partial charge in [0.1, 0.15) is 11.0 Å². The van der Waals surface area contributed by atoms with Crippen LogP contribution >= 0.6 is 23.2 Å². The number of benzene rings is 1. The molecule has 1 aromatic carbocycles. The lowest BCUT2D eigenvalue weighted by atomic mass is 9.83. The minimum atomic E-state index is -0.237. The van der Waals surface area contributed by atoms with E-state index in [0.717, 1.165) is 36.1 Å². The molecule has 5 heteroatoms. The van der Waals surface area contributed by atoms with Gasteiger partial charge in [0.05, 0.1) is 5.69 Å². The Morgan fingerprint density at radius 2 is 1.84 bits per heavy atom. The van der Waals surface area contributed by atoms with Crippen molar-refractivity contribution in [1.29, 1.82) is 0 Å². The Hall–Kier alpha value is -1.19. The number of hydrogen-bond donors (Lipinski definition) is 0. The molecule has 1 atom stereocenters. The number of halogens is 3. The first-order valence-electron chi connectivity index (χ1n) is 6.12. The maximum Gasteiger partial charge on any atom is 0.224 e. The molecule has 0 fully saturated rings. The summed E-state index contributed by atoms with van der Waals surface area (Å²) in [6.07, 6.45) is 2.84. The van der Waals surface area contributed by atoms with Gasteiger partial charge in [-0.25, -0.2) is 14.4 Å². The van der Waals surface area contributed by atoms with Crippen LogP contribution in [0.4, 0.5) is 4.39 Å². The first kappa shape index (κ1) is 12.8. The highest BCUT2D eigenvalue weighted by Crippen LogP contribution is 2.38. The lowest BCUT2D eigenvalue weighted by molar-refractivity contribution is 0.590. The number of hydrogen-bond acceptors (Lipinski definition) is 2. The highest BCUT2D eigenvalue weighted by molar-refractivity contribution is 6.32. The Balaban J connectivity index is 2.09. The van der Waals surface area contributed by atoms with E-state index in [0.29, 0.717) is 5.15 Å². The predicted molar refractivity (Wildman–Crippen MR) is 73.2 cm³/mol. The molecule has 1 aromatic heterocycles. The summed E-state index contributed by atoms with van der Waals surface area (Å²) in [6.45, 7) is 0. The number of fused-ring (bicyclic) bond motifs is 1. The van der Waals surface area contributed by atoms with Gasteiger partial charge >= 0.3 is 0 Å². The molecule has 98 valence electrons. The van der Waals surface area contributed by atoms with Gasteiger partial charge in [0.25, 0.3) is 0 Å². The van der Waals surface area contributed by atoms with Crippen molar-refractivity contribution in [2.24, 2.45) is 0 Å². The van der Waals surface area contributed by atoms with Crippen molar-refractivity contribution < 1.29 is 4.39 Å². The van der Waals surface area contributed by atoms with Crippen LogP contribution in [0.3, 0.4) is 0 Å². The predicted octanol–water partition coefficient (Wildman–Crippen LogP) is 4.39. The molecular formula is C14H11Cl2FN2. The second-order valence-corrected chi connectivity index (χ2v) is 5.34. The van der Waals surface area contributed by atoms with E-state index in [1.807, 2.05) is 0 Å². The summed E-state index contributed by atoms with van der Waals surface area (Å²) < 4.78 is 13.0. The van der Waals surface area contributed by atoms with E-state index in [1.54, 1.807) is 12.1 Å². The zero-order chi connectivity index (χ0) is 13.4. The molecule has 19 heavy (non-hydrogen) atoms. The van der Waals surface area contributed by atoms with E-state index in [9.17, 15) is 4.39 Å². The number of nitrogens with zero attached hydrogens (tertiary/aromatic N) is 2. The molecule has 2 aromatic rings. The zero-order valence-electron chi connectivity index (χ0n) is 10.0. The molecule has 3 rings (SSSR count). The SMILES string of the molecule is Fc1ccc(C2CCCc3c(Cl)nc(Cl)nc32)cc1. The lowest BCUT2D eigenvalue weighted by Crippen LogP contribution is -2.15. The fourth-order valence-electron chi connectivity index (χ4n) is 2.60. The van der Waals surface area contributed by atoms with Crippen LogP contribution in [0.15, 0.2) is 24.3 Å². The fourth-order valence-corrected chi connectivity index (χ4v) is 3.09. The van der Waals surface area contributed by atoms with Gasteiger partial charge in [-0.05, 0) is 48.6 Å². The maximum atomic E-state index is 13.0. The van der Waals surface area contributed by atoms with Crippen LogP contribution in [0.1, 0.15) is 35.6 Å². The molecule has 1 aliphatic carbocycles. The van der Waals surface area contributed by atoms with Crippen LogP contribution < -0.4 is 0 Å². The van der Waals surface area contributed by atoms with Crippen molar-refractivity contribution in [2.45, 2.75) is 25.2 Å². The van der Waals surface area contributed by atoms with Crippen molar-refractivity contribution in [2.75, 3.05) is 0 Å². The quantitative estimate of drug-likeness (QED) is 0.576. The molecule has 1 aliphatic rings. The van der Waals surface area contributed by atoms with Gasteiger partial charge in [-0.1, -0.05) is 23.7 Å². The maximum absolute atomic E-state index is 13.0. The van der Waals surface area contributed by atoms with Gasteiger partial charge in [0, 0.05) is 11.5 Å². The molecule has 1 unspecified atom stereocenters. The van der Waals surface area contributed by atoms with E-state index < -0.39 is 0 Å². The second-order valence-electron chi connectivity index (χ2n) is 4.64. The molecular weight excluding hydrogens is 286 g/mol. The smallest absolute Gasteiger partial charge is 0.222 e. The van der Waals surface area contributed by atoms with Crippen LogP contribution in [0.5, 0.6) is 0 Å². The van der Waals surface area contributed by atoms with E-state index >= 15 is 0 Å². The largest absolute Gasteiger partial charge is 0.224 e. The van der Waals surface area contributed by atoms with Crippen molar-refractivity contribution in [3.05, 3.63) is 57.3 Å². The average Bonchev–Trinajstić information content (AvgIpc) is 2.39. The molecule has 0 spiro atoms. The summed E-state index contributed by atoms with van der Waals surface area (Å²) >= 11 is 12.0. The first-order valence-corrected chi connectivity index (χ1v) is 6.88. The summed E-state index contributed by atoms with van der Waals surface area (Å²) in [5, 5.41) is 0.597. The minimum absolute atomic E-state index is 0.113. The van der Waals surface area contributed by atoms with Gasteiger partial charge < -0.3 is 0 Å². The molecule has 0 bridgehead atoms. The third kappa shape index (κ3) is 2.45. The van der Waals surface area contributed by atoms with Gasteiger partial charge in [0.2, 0.25) is 5.28 Å². The Kier molecular flexibility index (Phi) is 3.42. The highest BCUT2D eigenvalue weighted by Gasteiger charge is 2.26. The topological polar surface area (TPSA) is 25.8 Å². The van der Waals surface area contributed by atoms with E-state index in [4.69, 9.17) is 23.2 Å². The van der Waals surface area contributed by atoms with E-state index in [1.165, 1.54) is 12.1 Å². The number of aromatic nitrogens is 2. The van der Waals surface area contributed by atoms with Gasteiger partial charge in [-0.2, -0.15) is 0 Å². The monoisotopic (exact) mass is 296 g/mol. The van der Waals surface area contributed by atoms with Crippen molar-refractivity contribution in [1.82, 2.24) is 9.97 Å². The first-order chi connectivity index (χ1) is 9.15. The normalized spacial score (nSPS) is 18.2. The Bertz CT molecular complexity index is 614. The molecule has 0 N–H and O–H groups in total. The minimum Gasteiger partial charge on any atom is -0.222 e. The van der Waals surface area contributed by atoms with Crippen molar-refractivity contribution in [3.63, 3.8) is 0 Å². The molecule has 0 radical (unpaired) electrons. The Morgan fingerprint density at radius 3 is 2.58 bits per heavy atom. The van der Waals surface area contributed by atoms with E-state index in [-0.39, 0.29) is 17.0 Å². The van der Waals surface area contributed by atoms with Crippen LogP contribution in [-0.4, -0.2) is 9.97 Å². The summed E-state index contributed by atoms with van der Waals surface area (Å²) in [4.78, 5) is 8.32. The van der Waals surface area contributed by atoms with Crippen LogP contribution in [-0.2, 0) is 6.42 Å². The van der Waals surface area contributed by atoms with E-state index in [2.05, 4.69) is 9.97 Å². The Labute approximate surface area is 120 Å². The molecule has 0 saturated heterocycles. The second kappa shape index (κ2) is 5.06. The van der Waals surface area contributed by atoms with Crippen LogP contribution in [0, 0.1) is 5.82 Å². The number of rotatable bonds is 1. The summed E-state index contributed by atoms with van der Waals surface area (Å²) in [6, 6.07) is 6.51. The summed E-state index contributed by atoms with van der Waals surface area (Å²) in [5.41, 5.74) is 2.88. The molecule has 0 saturated carbocycles. The van der Waals surface area contributed by atoms with Gasteiger partial charge in [0.15, 0.2) is 0 Å². The molecule has 2 nitrogen and oxygen atoms in total. The van der Waals surface area contributed by atoms with Crippen molar-refractivity contribution >= 4 is 23.2 Å². The third-order valence-electron chi connectivity index (χ3n) is 3.48. The van der Waals surface area contributed by atoms with Crippen LogP contribution in [0.25, 0.3) is 0 Å². The third-order valence-corrected chi connectivity index (χ3v) is 3.97. The molecule has 0 amide bonds. The Morgan fingerprint density at radius 1 is 1.11 bits per heavy atom. The van der Waals surface area contributed by atoms with Gasteiger partial charge in [-0.15, -0.1) is 0 Å². The summed E-state index contributed by atoms with van der Waals surface area (Å²) in [7, 11) is 0. The molecule has 0 aliphatic heterocycles.